The molecular weight excluding hydrogens is 151 g/mol. The van der Waals surface area contributed by atoms with E-state index in [1.165, 1.54) is 0 Å². The molecule has 0 unspecified atom stereocenters. The van der Waals surface area contributed by atoms with Crippen molar-refractivity contribution < 1.29 is 19.4 Å². The average Bonchev–Trinajstić information content (AvgIpc) is 1.30. The Balaban J connectivity index is 4.50. The van der Waals surface area contributed by atoms with Crippen LogP contribution in [0.5, 0.6) is 0 Å². The van der Waals surface area contributed by atoms with Gasteiger partial charge >= 0.3 is 0 Å². The van der Waals surface area contributed by atoms with Crippen molar-refractivity contribution in [2.75, 3.05) is 5.75 Å². The van der Waals surface area contributed by atoms with Gasteiger partial charge in [0.1, 0.15) is 0 Å². The van der Waals surface area contributed by atoms with Crippen LogP contribution in [0.2, 0.25) is 0 Å². The Hall–Kier alpha value is -0.0000000000000000555. The van der Waals surface area contributed by atoms with Crippen LogP contribution in [0.4, 0.5) is 19.4 Å². The second-order valence-corrected chi connectivity index (χ2v) is 4.25. The monoisotopic (exact) mass is 156 g/mol. The number of halogens is 5. The zero-order valence-electron chi connectivity index (χ0n) is 4.01. The lowest BCUT2D eigenvalue weighted by Crippen LogP contribution is -2.07. The minimum atomic E-state index is -9.00. The van der Waals surface area contributed by atoms with E-state index >= 15 is 0 Å². The highest BCUT2D eigenvalue weighted by Gasteiger charge is 2.61. The lowest BCUT2D eigenvalue weighted by Gasteiger charge is -2.39. The summed E-state index contributed by atoms with van der Waals surface area (Å²) in [7, 11) is -9.00. The third-order valence-corrected chi connectivity index (χ3v) is 1.64. The Morgan fingerprint density at radius 3 is 1.12 bits per heavy atom. The molecule has 0 fully saturated rings. The molecule has 8 heavy (non-hydrogen) atoms. The summed E-state index contributed by atoms with van der Waals surface area (Å²) >= 11 is 0. The van der Waals surface area contributed by atoms with Crippen molar-refractivity contribution in [3.05, 3.63) is 0 Å². The first-order valence-electron chi connectivity index (χ1n) is 1.77. The molecule has 6 heteroatoms. The summed E-state index contributed by atoms with van der Waals surface area (Å²) in [5.41, 5.74) is 0. The molecule has 0 rings (SSSR count). The van der Waals surface area contributed by atoms with E-state index in [2.05, 4.69) is 0 Å². The highest BCUT2D eigenvalue weighted by molar-refractivity contribution is 8.45. The van der Waals surface area contributed by atoms with Crippen molar-refractivity contribution in [1.29, 1.82) is 0 Å². The molecule has 0 saturated heterocycles. The van der Waals surface area contributed by atoms with Gasteiger partial charge in [-0.1, -0.05) is 19.4 Å². The molecule has 0 N–H and O–H groups in total. The molecule has 0 heterocycles. The molecule has 0 amide bonds. The van der Waals surface area contributed by atoms with Gasteiger partial charge in [0.15, 0.2) is 0 Å². The van der Waals surface area contributed by atoms with Crippen LogP contribution in [-0.2, 0) is 0 Å². The number of hydrogen-bond donors (Lipinski definition) is 0. The molecule has 54 valence electrons. The fourth-order valence-electron chi connectivity index (χ4n) is 0. The fourth-order valence-corrected chi connectivity index (χ4v) is 0. The SMILES string of the molecule is CCS(F)(F)(F)(F)F. The van der Waals surface area contributed by atoms with E-state index in [1.54, 1.807) is 0 Å². The third kappa shape index (κ3) is 6.00. The maximum absolute atomic E-state index is 10.9. The Morgan fingerprint density at radius 1 is 1.00 bits per heavy atom. The predicted molar refractivity (Wildman–Crippen MR) is 23.7 cm³/mol. The molecule has 0 atom stereocenters. The molecule has 0 aliphatic heterocycles. The first-order chi connectivity index (χ1) is 3.04. The molecule has 0 aromatic carbocycles. The van der Waals surface area contributed by atoms with Gasteiger partial charge in [0, 0.05) is 0 Å². The molecule has 0 aliphatic carbocycles. The second-order valence-electron chi connectivity index (χ2n) is 1.42. The quantitative estimate of drug-likeness (QED) is 0.511. The summed E-state index contributed by atoms with van der Waals surface area (Å²) in [6.45, 7) is 0.404. The van der Waals surface area contributed by atoms with E-state index in [9.17, 15) is 19.4 Å². The Morgan fingerprint density at radius 2 is 1.12 bits per heavy atom. The van der Waals surface area contributed by atoms with E-state index in [4.69, 9.17) is 0 Å². The van der Waals surface area contributed by atoms with E-state index in [0.717, 1.165) is 0 Å². The van der Waals surface area contributed by atoms with Gasteiger partial charge in [-0.25, -0.2) is 0 Å². The summed E-state index contributed by atoms with van der Waals surface area (Å²) < 4.78 is 54.7. The van der Waals surface area contributed by atoms with Crippen molar-refractivity contribution >= 4 is 10.2 Å². The first kappa shape index (κ1) is 8.00. The molecule has 0 nitrogen and oxygen atoms in total. The molecule has 0 bridgehead atoms. The molecule has 0 aromatic rings. The number of rotatable bonds is 1. The van der Waals surface area contributed by atoms with Crippen LogP contribution in [0.3, 0.4) is 0 Å². The smallest absolute Gasteiger partial charge is 0.0978 e. The maximum atomic E-state index is 10.9. The van der Waals surface area contributed by atoms with Crippen molar-refractivity contribution in [3.63, 3.8) is 0 Å². The highest BCUT2D eigenvalue weighted by atomic mass is 32.5. The normalized spacial score (nSPS) is 21.8. The van der Waals surface area contributed by atoms with Gasteiger partial charge in [0.05, 0.1) is 5.75 Å². The van der Waals surface area contributed by atoms with Crippen LogP contribution >= 0.6 is 10.2 Å². The van der Waals surface area contributed by atoms with Gasteiger partial charge in [-0.15, -0.1) is 0 Å². The van der Waals surface area contributed by atoms with Crippen molar-refractivity contribution in [1.82, 2.24) is 0 Å². The van der Waals surface area contributed by atoms with Crippen LogP contribution in [0.15, 0.2) is 0 Å². The van der Waals surface area contributed by atoms with Crippen LogP contribution < -0.4 is 0 Å². The average molecular weight is 156 g/mol. The van der Waals surface area contributed by atoms with Gasteiger partial charge in [0.25, 0.3) is 10.2 Å². The molecule has 0 aromatic heterocycles. The summed E-state index contributed by atoms with van der Waals surface area (Å²) in [4.78, 5) is 0. The first-order valence-corrected chi connectivity index (χ1v) is 3.89. The van der Waals surface area contributed by atoms with Crippen LogP contribution in [-0.4, -0.2) is 5.75 Å². The van der Waals surface area contributed by atoms with Crippen molar-refractivity contribution in [2.24, 2.45) is 0 Å². The molecule has 0 spiro atoms. The highest BCUT2D eigenvalue weighted by Crippen LogP contribution is 2.97. The van der Waals surface area contributed by atoms with Gasteiger partial charge in [0.2, 0.25) is 0 Å². The second kappa shape index (κ2) is 0.984. The Kier molecular flexibility index (Phi) is 0.984. The van der Waals surface area contributed by atoms with E-state index in [1.807, 2.05) is 0 Å². The van der Waals surface area contributed by atoms with Crippen LogP contribution in [0, 0.1) is 0 Å². The number of hydrogen-bond acceptors (Lipinski definition) is 0. The topological polar surface area (TPSA) is 0 Å². The van der Waals surface area contributed by atoms with E-state index in [0.29, 0.717) is 6.92 Å². The zero-order valence-corrected chi connectivity index (χ0v) is 4.82. The lowest BCUT2D eigenvalue weighted by atomic mass is 11.0. The molecular formula is C2H5F5S. The molecule has 0 saturated carbocycles. The van der Waals surface area contributed by atoms with Gasteiger partial charge in [-0.2, -0.15) is 0 Å². The van der Waals surface area contributed by atoms with Gasteiger partial charge in [-0.05, 0) is 6.92 Å². The third-order valence-electron chi connectivity index (χ3n) is 0.546. The van der Waals surface area contributed by atoms with Crippen LogP contribution in [0.1, 0.15) is 6.92 Å². The van der Waals surface area contributed by atoms with E-state index < -0.39 is 16.0 Å². The summed E-state index contributed by atoms with van der Waals surface area (Å²) in [6, 6.07) is 0. The minimum Gasteiger partial charge on any atom is -0.0978 e. The zero-order chi connectivity index (χ0) is 7.12. The maximum Gasteiger partial charge on any atom is 0.285 e. The van der Waals surface area contributed by atoms with E-state index in [-0.39, 0.29) is 0 Å². The van der Waals surface area contributed by atoms with Crippen molar-refractivity contribution in [2.45, 2.75) is 6.92 Å². The summed E-state index contributed by atoms with van der Waals surface area (Å²) in [6.07, 6.45) is 0. The predicted octanol–water partition coefficient (Wildman–Crippen LogP) is 3.30. The summed E-state index contributed by atoms with van der Waals surface area (Å²) in [5.74, 6) is -2.01. The minimum absolute atomic E-state index is 0.404. The summed E-state index contributed by atoms with van der Waals surface area (Å²) in [5, 5.41) is 0. The van der Waals surface area contributed by atoms with Gasteiger partial charge in [-0.3, -0.25) is 0 Å². The standard InChI is InChI=1S/C2H5F5S/c1-2-8(3,4,5,6)7/h2H2,1H3. The van der Waals surface area contributed by atoms with Gasteiger partial charge < -0.3 is 0 Å². The fraction of sp³-hybridized carbons (Fsp3) is 1.00. The Labute approximate surface area is 43.4 Å². The largest absolute Gasteiger partial charge is 0.285 e. The van der Waals surface area contributed by atoms with Crippen LogP contribution in [0.25, 0.3) is 0 Å². The van der Waals surface area contributed by atoms with Crippen molar-refractivity contribution in [3.8, 4) is 0 Å². The molecule has 0 radical (unpaired) electrons. The molecule has 0 aliphatic rings. The Bertz CT molecular complexity index is 93.6. The lowest BCUT2D eigenvalue weighted by molar-refractivity contribution is 0.367.